The van der Waals surface area contributed by atoms with Gasteiger partial charge in [-0.15, -0.1) is 0 Å². The Morgan fingerprint density at radius 2 is 1.62 bits per heavy atom. The molecule has 0 radical (unpaired) electrons. The summed E-state index contributed by atoms with van der Waals surface area (Å²) < 4.78 is 23.3. The van der Waals surface area contributed by atoms with Crippen molar-refractivity contribution in [3.63, 3.8) is 0 Å². The lowest BCUT2D eigenvalue weighted by atomic mass is 10.3. The molecule has 21 heavy (non-hydrogen) atoms. The van der Waals surface area contributed by atoms with Crippen molar-refractivity contribution < 1.29 is 18.7 Å². The van der Waals surface area contributed by atoms with Crippen LogP contribution in [-0.4, -0.2) is 25.7 Å². The van der Waals surface area contributed by atoms with Crippen molar-refractivity contribution in [2.45, 2.75) is 0 Å². The van der Waals surface area contributed by atoms with Crippen LogP contribution in [0.3, 0.4) is 0 Å². The van der Waals surface area contributed by atoms with Gasteiger partial charge in [-0.1, -0.05) is 18.2 Å². The van der Waals surface area contributed by atoms with Crippen LogP contribution < -0.4 is 14.8 Å². The van der Waals surface area contributed by atoms with E-state index in [-0.39, 0.29) is 18.3 Å². The number of para-hydroxylation sites is 1. The zero-order valence-corrected chi connectivity index (χ0v) is 11.4. The molecule has 1 amide bonds. The van der Waals surface area contributed by atoms with Gasteiger partial charge in [-0.3, -0.25) is 4.79 Å². The molecule has 110 valence electrons. The monoisotopic (exact) mass is 289 g/mol. The topological polar surface area (TPSA) is 47.6 Å². The molecule has 0 spiro atoms. The van der Waals surface area contributed by atoms with Crippen LogP contribution in [0.2, 0.25) is 0 Å². The molecule has 1 N–H and O–H groups in total. The summed E-state index contributed by atoms with van der Waals surface area (Å²) in [5.41, 5.74) is 0. The van der Waals surface area contributed by atoms with E-state index in [0.717, 1.165) is 5.75 Å². The zero-order chi connectivity index (χ0) is 14.9. The minimum Gasteiger partial charge on any atom is -0.492 e. The van der Waals surface area contributed by atoms with E-state index in [1.54, 1.807) is 0 Å². The summed E-state index contributed by atoms with van der Waals surface area (Å²) in [6.07, 6.45) is 0. The number of carbonyl (C=O) groups excluding carboxylic acids is 1. The number of carbonyl (C=O) groups is 1. The van der Waals surface area contributed by atoms with Crippen molar-refractivity contribution in [3.05, 3.63) is 60.4 Å². The molecule has 2 aromatic carbocycles. The molecule has 2 aromatic rings. The number of ether oxygens (including phenoxy) is 2. The lowest BCUT2D eigenvalue weighted by Crippen LogP contribution is -2.32. The number of benzene rings is 2. The van der Waals surface area contributed by atoms with Crippen LogP contribution in [0, 0.1) is 5.82 Å². The van der Waals surface area contributed by atoms with Crippen LogP contribution in [0.4, 0.5) is 4.39 Å². The summed E-state index contributed by atoms with van der Waals surface area (Å²) in [7, 11) is 0. The molecule has 0 aliphatic carbocycles. The Bertz CT molecular complexity index is 557. The van der Waals surface area contributed by atoms with Gasteiger partial charge in [0.15, 0.2) is 6.61 Å². The highest BCUT2D eigenvalue weighted by Crippen LogP contribution is 2.10. The predicted molar refractivity (Wildman–Crippen MR) is 76.8 cm³/mol. The first-order chi connectivity index (χ1) is 10.2. The molecular formula is C16H16FNO3. The van der Waals surface area contributed by atoms with Gasteiger partial charge >= 0.3 is 0 Å². The van der Waals surface area contributed by atoms with Gasteiger partial charge in [-0.25, -0.2) is 4.39 Å². The fraction of sp³-hybridized carbons (Fsp3) is 0.188. The highest BCUT2D eigenvalue weighted by Gasteiger charge is 2.02. The Hall–Kier alpha value is -2.56. The summed E-state index contributed by atoms with van der Waals surface area (Å²) in [6, 6.07) is 14.9. The molecule has 0 aromatic heterocycles. The summed E-state index contributed by atoms with van der Waals surface area (Å²) >= 11 is 0. The number of amides is 1. The summed E-state index contributed by atoms with van der Waals surface area (Å²) in [6.45, 7) is 0.657. The quantitative estimate of drug-likeness (QED) is 0.796. The third-order valence-electron chi connectivity index (χ3n) is 2.62. The fourth-order valence-corrected chi connectivity index (χ4v) is 1.61. The van der Waals surface area contributed by atoms with Crippen LogP contribution in [0.1, 0.15) is 0 Å². The van der Waals surface area contributed by atoms with E-state index in [1.165, 1.54) is 24.3 Å². The van der Waals surface area contributed by atoms with E-state index in [1.807, 2.05) is 30.3 Å². The first-order valence-electron chi connectivity index (χ1n) is 6.57. The number of nitrogens with one attached hydrogen (secondary N) is 1. The Kier molecular flexibility index (Phi) is 5.58. The van der Waals surface area contributed by atoms with E-state index in [9.17, 15) is 9.18 Å². The maximum absolute atomic E-state index is 12.7. The molecule has 0 aliphatic rings. The average Bonchev–Trinajstić information content (AvgIpc) is 2.52. The maximum Gasteiger partial charge on any atom is 0.258 e. The van der Waals surface area contributed by atoms with Crippen molar-refractivity contribution >= 4 is 5.91 Å². The van der Waals surface area contributed by atoms with Crippen molar-refractivity contribution in [2.24, 2.45) is 0 Å². The molecule has 0 heterocycles. The molecule has 0 bridgehead atoms. The molecule has 0 saturated carbocycles. The molecule has 0 saturated heterocycles. The van der Waals surface area contributed by atoms with Gasteiger partial charge in [0.25, 0.3) is 5.91 Å². The van der Waals surface area contributed by atoms with Crippen LogP contribution in [0.25, 0.3) is 0 Å². The predicted octanol–water partition coefficient (Wildman–Crippen LogP) is 2.40. The molecule has 4 nitrogen and oxygen atoms in total. The van der Waals surface area contributed by atoms with Gasteiger partial charge in [-0.2, -0.15) is 0 Å². The molecule has 0 aliphatic heterocycles. The van der Waals surface area contributed by atoms with Gasteiger partial charge in [-0.05, 0) is 36.4 Å². The molecular weight excluding hydrogens is 273 g/mol. The lowest BCUT2D eigenvalue weighted by Gasteiger charge is -2.08. The number of halogens is 1. The Balaban J connectivity index is 1.60. The van der Waals surface area contributed by atoms with Crippen LogP contribution in [0.15, 0.2) is 54.6 Å². The summed E-state index contributed by atoms with van der Waals surface area (Å²) in [5.74, 6) is 0.613. The van der Waals surface area contributed by atoms with Crippen molar-refractivity contribution in [2.75, 3.05) is 19.8 Å². The highest BCUT2D eigenvalue weighted by molar-refractivity contribution is 5.77. The van der Waals surface area contributed by atoms with Crippen molar-refractivity contribution in [1.82, 2.24) is 5.32 Å². The molecule has 2 rings (SSSR count). The molecule has 0 fully saturated rings. The van der Waals surface area contributed by atoms with Gasteiger partial charge in [0.05, 0.1) is 6.54 Å². The average molecular weight is 289 g/mol. The van der Waals surface area contributed by atoms with E-state index >= 15 is 0 Å². The first kappa shape index (κ1) is 14.8. The Morgan fingerprint density at radius 1 is 0.952 bits per heavy atom. The minimum absolute atomic E-state index is 0.114. The lowest BCUT2D eigenvalue weighted by molar-refractivity contribution is -0.123. The summed E-state index contributed by atoms with van der Waals surface area (Å²) in [4.78, 5) is 11.5. The number of hydrogen-bond acceptors (Lipinski definition) is 3. The van der Waals surface area contributed by atoms with Gasteiger partial charge in [0, 0.05) is 0 Å². The van der Waals surface area contributed by atoms with Crippen LogP contribution in [-0.2, 0) is 4.79 Å². The molecule has 0 unspecified atom stereocenters. The van der Waals surface area contributed by atoms with Crippen LogP contribution in [0.5, 0.6) is 11.5 Å². The largest absolute Gasteiger partial charge is 0.492 e. The van der Waals surface area contributed by atoms with Gasteiger partial charge < -0.3 is 14.8 Å². The second-order valence-electron chi connectivity index (χ2n) is 4.25. The Morgan fingerprint density at radius 3 is 2.33 bits per heavy atom. The third-order valence-corrected chi connectivity index (χ3v) is 2.62. The standard InChI is InChI=1S/C16H16FNO3/c17-13-6-8-15(9-7-13)21-12-16(19)18-10-11-20-14-4-2-1-3-5-14/h1-9H,10-12H2,(H,18,19). The number of rotatable bonds is 7. The van der Waals surface area contributed by atoms with E-state index in [0.29, 0.717) is 18.9 Å². The van der Waals surface area contributed by atoms with E-state index in [4.69, 9.17) is 9.47 Å². The van der Waals surface area contributed by atoms with E-state index in [2.05, 4.69) is 5.32 Å². The normalized spacial score (nSPS) is 9.95. The Labute approximate surface area is 122 Å². The highest BCUT2D eigenvalue weighted by atomic mass is 19.1. The maximum atomic E-state index is 12.7. The second-order valence-corrected chi connectivity index (χ2v) is 4.25. The van der Waals surface area contributed by atoms with Crippen molar-refractivity contribution in [1.29, 1.82) is 0 Å². The zero-order valence-electron chi connectivity index (χ0n) is 11.4. The van der Waals surface area contributed by atoms with Gasteiger partial charge in [0.1, 0.15) is 23.9 Å². The smallest absolute Gasteiger partial charge is 0.258 e. The molecule has 0 atom stereocenters. The second kappa shape index (κ2) is 7.89. The van der Waals surface area contributed by atoms with Crippen LogP contribution >= 0.6 is 0 Å². The molecule has 5 heteroatoms. The van der Waals surface area contributed by atoms with E-state index < -0.39 is 0 Å². The third kappa shape index (κ3) is 5.52. The number of hydrogen-bond donors (Lipinski definition) is 1. The SMILES string of the molecule is O=C(COc1ccc(F)cc1)NCCOc1ccccc1. The van der Waals surface area contributed by atoms with Gasteiger partial charge in [0.2, 0.25) is 0 Å². The fourth-order valence-electron chi connectivity index (χ4n) is 1.61. The summed E-state index contributed by atoms with van der Waals surface area (Å²) in [5, 5.41) is 2.67. The first-order valence-corrected chi connectivity index (χ1v) is 6.57. The van der Waals surface area contributed by atoms with Crippen molar-refractivity contribution in [3.8, 4) is 11.5 Å². The minimum atomic E-state index is -0.343.